The minimum atomic E-state index is -0.391. The molecule has 1 atom stereocenters. The van der Waals surface area contributed by atoms with E-state index in [0.29, 0.717) is 12.1 Å². The van der Waals surface area contributed by atoms with Crippen molar-refractivity contribution in [2.24, 2.45) is 5.92 Å². The minimum Gasteiger partial charge on any atom is -0.396 e. The highest BCUT2D eigenvalue weighted by atomic mass is 16.3. The SMILES string of the molecule is Cc1cn(C/C=C2\CCC2CO)c(=O)[nH]c1=O. The summed E-state index contributed by atoms with van der Waals surface area (Å²) in [5, 5.41) is 9.03. The molecule has 1 unspecified atom stereocenters. The van der Waals surface area contributed by atoms with Gasteiger partial charge in [0.1, 0.15) is 0 Å². The Morgan fingerprint density at radius 3 is 2.94 bits per heavy atom. The van der Waals surface area contributed by atoms with E-state index in [1.807, 2.05) is 6.08 Å². The standard InChI is InChI=1S/C12H16N2O3/c1-8-6-14(12(17)13-11(8)16)5-4-9-2-3-10(9)7-15/h4,6,10,15H,2-3,5,7H2,1H3,(H,13,16,17)/b9-4+. The highest BCUT2D eigenvalue weighted by Gasteiger charge is 2.22. The first-order valence-corrected chi connectivity index (χ1v) is 5.72. The molecule has 0 bridgehead atoms. The van der Waals surface area contributed by atoms with Crippen molar-refractivity contribution in [3.63, 3.8) is 0 Å². The molecule has 1 aromatic rings. The molecule has 2 N–H and O–H groups in total. The molecule has 5 nitrogen and oxygen atoms in total. The summed E-state index contributed by atoms with van der Waals surface area (Å²) in [6, 6.07) is 0. The van der Waals surface area contributed by atoms with E-state index < -0.39 is 5.69 Å². The van der Waals surface area contributed by atoms with Crippen molar-refractivity contribution in [1.82, 2.24) is 9.55 Å². The highest BCUT2D eigenvalue weighted by molar-refractivity contribution is 5.15. The van der Waals surface area contributed by atoms with Gasteiger partial charge < -0.3 is 5.11 Å². The Hall–Kier alpha value is -1.62. The van der Waals surface area contributed by atoms with Gasteiger partial charge in [-0.05, 0) is 19.8 Å². The Kier molecular flexibility index (Phi) is 3.28. The lowest BCUT2D eigenvalue weighted by Gasteiger charge is -2.28. The van der Waals surface area contributed by atoms with Crippen LogP contribution in [0.2, 0.25) is 0 Å². The Morgan fingerprint density at radius 2 is 2.35 bits per heavy atom. The van der Waals surface area contributed by atoms with Gasteiger partial charge in [0.2, 0.25) is 0 Å². The lowest BCUT2D eigenvalue weighted by atomic mass is 9.80. The lowest BCUT2D eigenvalue weighted by Crippen LogP contribution is -2.31. The maximum absolute atomic E-state index is 11.5. The number of hydrogen-bond acceptors (Lipinski definition) is 3. The lowest BCUT2D eigenvalue weighted by molar-refractivity contribution is 0.211. The van der Waals surface area contributed by atoms with E-state index in [9.17, 15) is 9.59 Å². The van der Waals surface area contributed by atoms with Gasteiger partial charge in [0.15, 0.2) is 0 Å². The number of rotatable bonds is 3. The normalized spacial score (nSPS) is 21.5. The predicted molar refractivity (Wildman–Crippen MR) is 64.0 cm³/mol. The summed E-state index contributed by atoms with van der Waals surface area (Å²) in [7, 11) is 0. The minimum absolute atomic E-state index is 0.172. The van der Waals surface area contributed by atoms with Crippen molar-refractivity contribution < 1.29 is 5.11 Å². The molecule has 0 amide bonds. The molecule has 0 aromatic carbocycles. The molecule has 0 radical (unpaired) electrons. The molecule has 1 aromatic heterocycles. The number of nitrogens with one attached hydrogen (secondary N) is 1. The molecule has 92 valence electrons. The van der Waals surface area contributed by atoms with Crippen LogP contribution in [0.5, 0.6) is 0 Å². The van der Waals surface area contributed by atoms with E-state index in [4.69, 9.17) is 5.11 Å². The van der Waals surface area contributed by atoms with E-state index in [1.165, 1.54) is 10.1 Å². The van der Waals surface area contributed by atoms with Crippen LogP contribution >= 0.6 is 0 Å². The fourth-order valence-corrected chi connectivity index (χ4v) is 1.96. The van der Waals surface area contributed by atoms with Gasteiger partial charge in [-0.15, -0.1) is 0 Å². The van der Waals surface area contributed by atoms with Gasteiger partial charge in [-0.3, -0.25) is 14.3 Å². The molecule has 1 aliphatic carbocycles. The Morgan fingerprint density at radius 1 is 1.59 bits per heavy atom. The summed E-state index contributed by atoms with van der Waals surface area (Å²) >= 11 is 0. The zero-order chi connectivity index (χ0) is 12.4. The van der Waals surface area contributed by atoms with Crippen LogP contribution in [0.3, 0.4) is 0 Å². The third kappa shape index (κ3) is 2.39. The predicted octanol–water partition coefficient (Wildman–Crippen LogP) is 0.174. The first-order chi connectivity index (χ1) is 8.11. The first-order valence-electron chi connectivity index (χ1n) is 5.72. The average molecular weight is 236 g/mol. The van der Waals surface area contributed by atoms with Gasteiger partial charge in [0.05, 0.1) is 0 Å². The highest BCUT2D eigenvalue weighted by Crippen LogP contribution is 2.32. The fraction of sp³-hybridized carbons (Fsp3) is 0.500. The number of aliphatic hydroxyl groups excluding tert-OH is 1. The Bertz CT molecular complexity index is 552. The van der Waals surface area contributed by atoms with Crippen LogP contribution in [0, 0.1) is 12.8 Å². The van der Waals surface area contributed by atoms with Crippen LogP contribution in [0.4, 0.5) is 0 Å². The smallest absolute Gasteiger partial charge is 0.328 e. The molecular formula is C12H16N2O3. The molecule has 1 saturated carbocycles. The zero-order valence-electron chi connectivity index (χ0n) is 9.77. The van der Waals surface area contributed by atoms with E-state index in [2.05, 4.69) is 4.98 Å². The summed E-state index contributed by atoms with van der Waals surface area (Å²) in [4.78, 5) is 24.9. The van der Waals surface area contributed by atoms with E-state index >= 15 is 0 Å². The van der Waals surface area contributed by atoms with Crippen molar-refractivity contribution in [3.8, 4) is 0 Å². The van der Waals surface area contributed by atoms with Gasteiger partial charge in [0.25, 0.3) is 5.56 Å². The molecule has 17 heavy (non-hydrogen) atoms. The monoisotopic (exact) mass is 236 g/mol. The van der Waals surface area contributed by atoms with Crippen molar-refractivity contribution >= 4 is 0 Å². The third-order valence-corrected chi connectivity index (χ3v) is 3.27. The van der Waals surface area contributed by atoms with Gasteiger partial charge in [0, 0.05) is 30.8 Å². The number of nitrogens with zero attached hydrogens (tertiary/aromatic N) is 1. The van der Waals surface area contributed by atoms with Crippen molar-refractivity contribution in [2.45, 2.75) is 26.3 Å². The molecule has 0 aliphatic heterocycles. The van der Waals surface area contributed by atoms with Crippen LogP contribution in [-0.2, 0) is 6.54 Å². The summed E-state index contributed by atoms with van der Waals surface area (Å²) in [5.41, 5.74) is 0.992. The number of H-pyrrole nitrogens is 1. The number of allylic oxidation sites excluding steroid dienone is 1. The van der Waals surface area contributed by atoms with Gasteiger partial charge >= 0.3 is 5.69 Å². The summed E-state index contributed by atoms with van der Waals surface area (Å²) in [6.07, 6.45) is 5.53. The van der Waals surface area contributed by atoms with Crippen LogP contribution < -0.4 is 11.2 Å². The second-order valence-electron chi connectivity index (χ2n) is 4.42. The number of hydrogen-bond donors (Lipinski definition) is 2. The molecule has 2 rings (SSSR count). The van der Waals surface area contributed by atoms with Crippen LogP contribution in [0.25, 0.3) is 0 Å². The number of aromatic nitrogens is 2. The second kappa shape index (κ2) is 4.71. The number of aliphatic hydroxyl groups is 1. The van der Waals surface area contributed by atoms with Gasteiger partial charge in [-0.1, -0.05) is 11.6 Å². The van der Waals surface area contributed by atoms with Crippen LogP contribution in [0.1, 0.15) is 18.4 Å². The third-order valence-electron chi connectivity index (χ3n) is 3.27. The van der Waals surface area contributed by atoms with Gasteiger partial charge in [-0.25, -0.2) is 4.79 Å². The topological polar surface area (TPSA) is 75.1 Å². The van der Waals surface area contributed by atoms with Crippen LogP contribution in [-0.4, -0.2) is 21.3 Å². The first kappa shape index (κ1) is 11.9. The average Bonchev–Trinajstić information content (AvgIpc) is 2.24. The second-order valence-corrected chi connectivity index (χ2v) is 4.42. The molecule has 1 aliphatic rings. The molecule has 0 saturated heterocycles. The Labute approximate surface area is 98.4 Å². The van der Waals surface area contributed by atoms with E-state index in [1.54, 1.807) is 13.1 Å². The van der Waals surface area contributed by atoms with E-state index in [0.717, 1.165) is 12.8 Å². The van der Waals surface area contributed by atoms with Crippen molar-refractivity contribution in [2.75, 3.05) is 6.61 Å². The van der Waals surface area contributed by atoms with Crippen molar-refractivity contribution in [3.05, 3.63) is 44.2 Å². The molecule has 5 heteroatoms. The number of aromatic amines is 1. The molecular weight excluding hydrogens is 220 g/mol. The zero-order valence-corrected chi connectivity index (χ0v) is 9.77. The van der Waals surface area contributed by atoms with E-state index in [-0.39, 0.29) is 18.1 Å². The van der Waals surface area contributed by atoms with Gasteiger partial charge in [-0.2, -0.15) is 0 Å². The summed E-state index contributed by atoms with van der Waals surface area (Å²) in [6.45, 7) is 2.29. The Balaban J connectivity index is 2.17. The maximum atomic E-state index is 11.5. The fourth-order valence-electron chi connectivity index (χ4n) is 1.96. The largest absolute Gasteiger partial charge is 0.396 e. The summed E-state index contributed by atoms with van der Waals surface area (Å²) in [5.74, 6) is 0.259. The quantitative estimate of drug-likeness (QED) is 0.735. The molecule has 1 heterocycles. The molecule has 1 fully saturated rings. The maximum Gasteiger partial charge on any atom is 0.328 e. The molecule has 0 spiro atoms. The van der Waals surface area contributed by atoms with Crippen molar-refractivity contribution in [1.29, 1.82) is 0 Å². The summed E-state index contributed by atoms with van der Waals surface area (Å²) < 4.78 is 1.47. The number of aryl methyl sites for hydroxylation is 1. The van der Waals surface area contributed by atoms with Crippen LogP contribution in [0.15, 0.2) is 27.4 Å².